The molecule has 0 radical (unpaired) electrons. The minimum atomic E-state index is -3.84. The molecule has 0 unspecified atom stereocenters. The zero-order chi connectivity index (χ0) is 19.7. The average molecular weight is 410 g/mol. The van der Waals surface area contributed by atoms with Crippen molar-refractivity contribution in [2.45, 2.75) is 30.8 Å². The maximum atomic E-state index is 13.3. The maximum absolute atomic E-state index is 13.3. The number of hydrogen-bond acceptors (Lipinski definition) is 5. The fraction of sp³-hybridized carbons (Fsp3) is 0.368. The van der Waals surface area contributed by atoms with Crippen molar-refractivity contribution in [3.05, 3.63) is 59.7 Å². The quantitative estimate of drug-likeness (QED) is 0.732. The second kappa shape index (κ2) is 7.61. The highest BCUT2D eigenvalue weighted by Gasteiger charge is 2.38. The summed E-state index contributed by atoms with van der Waals surface area (Å²) in [4.78, 5) is 0.167. The number of hydrogen-bond donors (Lipinski definition) is 0. The van der Waals surface area contributed by atoms with E-state index in [9.17, 15) is 16.8 Å². The van der Waals surface area contributed by atoms with Gasteiger partial charge in [-0.15, -0.1) is 0 Å². The highest BCUT2D eigenvalue weighted by atomic mass is 32.2. The van der Waals surface area contributed by atoms with E-state index in [0.29, 0.717) is 12.2 Å². The predicted molar refractivity (Wildman–Crippen MR) is 104 cm³/mol. The third-order valence-corrected chi connectivity index (χ3v) is 8.38. The lowest BCUT2D eigenvalue weighted by molar-refractivity contribution is 0.333. The third-order valence-electron chi connectivity index (χ3n) is 4.72. The van der Waals surface area contributed by atoms with Crippen molar-refractivity contribution in [1.29, 1.82) is 0 Å². The van der Waals surface area contributed by atoms with Crippen LogP contribution in [-0.4, -0.2) is 45.8 Å². The van der Waals surface area contributed by atoms with Crippen molar-refractivity contribution in [2.24, 2.45) is 0 Å². The monoisotopic (exact) mass is 409 g/mol. The molecule has 1 atom stereocenters. The molecule has 0 aromatic heterocycles. The zero-order valence-electron chi connectivity index (χ0n) is 15.3. The van der Waals surface area contributed by atoms with Crippen molar-refractivity contribution in [2.75, 3.05) is 18.6 Å². The molecule has 8 heteroatoms. The van der Waals surface area contributed by atoms with Crippen LogP contribution in [0.1, 0.15) is 17.5 Å². The van der Waals surface area contributed by atoms with E-state index in [2.05, 4.69) is 0 Å². The van der Waals surface area contributed by atoms with E-state index < -0.39 is 25.9 Å². The Morgan fingerprint density at radius 1 is 1.15 bits per heavy atom. The van der Waals surface area contributed by atoms with Crippen LogP contribution in [0.3, 0.4) is 0 Å². The highest BCUT2D eigenvalue weighted by molar-refractivity contribution is 7.92. The second-order valence-corrected chi connectivity index (χ2v) is 10.9. The minimum Gasteiger partial charge on any atom is -0.497 e. The number of rotatable bonds is 6. The van der Waals surface area contributed by atoms with E-state index in [1.54, 1.807) is 49.6 Å². The SMILES string of the molecule is COc1cccc(CN([C@@H]2CCS(=O)(=O)C2)S(=O)(=O)c2ccc(C)cc2)c1. The van der Waals surface area contributed by atoms with E-state index >= 15 is 0 Å². The largest absolute Gasteiger partial charge is 0.497 e. The number of sulfone groups is 1. The first-order chi connectivity index (χ1) is 12.7. The average Bonchev–Trinajstić information content (AvgIpc) is 2.99. The predicted octanol–water partition coefficient (Wildman–Crippen LogP) is 2.38. The lowest BCUT2D eigenvalue weighted by atomic mass is 10.2. The molecule has 1 heterocycles. The van der Waals surface area contributed by atoms with Gasteiger partial charge in [-0.05, 0) is 43.2 Å². The van der Waals surface area contributed by atoms with Gasteiger partial charge >= 0.3 is 0 Å². The van der Waals surface area contributed by atoms with Gasteiger partial charge < -0.3 is 4.74 Å². The Hall–Kier alpha value is -1.90. The molecule has 27 heavy (non-hydrogen) atoms. The highest BCUT2D eigenvalue weighted by Crippen LogP contribution is 2.28. The molecule has 1 saturated heterocycles. The molecule has 0 aliphatic carbocycles. The maximum Gasteiger partial charge on any atom is 0.243 e. The van der Waals surface area contributed by atoms with Crippen LogP contribution in [0.2, 0.25) is 0 Å². The second-order valence-electron chi connectivity index (χ2n) is 6.77. The number of aryl methyl sites for hydroxylation is 1. The van der Waals surface area contributed by atoms with Gasteiger partial charge in [0.05, 0.1) is 23.5 Å². The Labute approximate surface area is 160 Å². The van der Waals surface area contributed by atoms with E-state index in [1.165, 1.54) is 4.31 Å². The lowest BCUT2D eigenvalue weighted by Gasteiger charge is -2.27. The Morgan fingerprint density at radius 2 is 1.85 bits per heavy atom. The molecule has 1 aliphatic rings. The van der Waals surface area contributed by atoms with Gasteiger partial charge in [-0.3, -0.25) is 0 Å². The number of sulfonamides is 1. The van der Waals surface area contributed by atoms with Gasteiger partial charge in [0.15, 0.2) is 9.84 Å². The molecule has 1 aliphatic heterocycles. The fourth-order valence-corrected chi connectivity index (χ4v) is 6.68. The van der Waals surface area contributed by atoms with Crippen molar-refractivity contribution in [3.8, 4) is 5.75 Å². The number of methoxy groups -OCH3 is 1. The van der Waals surface area contributed by atoms with Crippen LogP contribution in [0.25, 0.3) is 0 Å². The van der Waals surface area contributed by atoms with Gasteiger partial charge in [0.2, 0.25) is 10.0 Å². The fourth-order valence-electron chi connectivity index (χ4n) is 3.21. The molecule has 0 bridgehead atoms. The van der Waals surface area contributed by atoms with E-state index in [-0.39, 0.29) is 22.9 Å². The molecule has 2 aromatic carbocycles. The van der Waals surface area contributed by atoms with Gasteiger partial charge in [-0.2, -0.15) is 4.31 Å². The van der Waals surface area contributed by atoms with Crippen LogP contribution in [0.4, 0.5) is 0 Å². The molecule has 6 nitrogen and oxygen atoms in total. The van der Waals surface area contributed by atoms with E-state index in [4.69, 9.17) is 4.74 Å². The Bertz CT molecular complexity index is 1010. The van der Waals surface area contributed by atoms with Crippen molar-refractivity contribution >= 4 is 19.9 Å². The van der Waals surface area contributed by atoms with Gasteiger partial charge in [-0.25, -0.2) is 16.8 Å². The summed E-state index contributed by atoms with van der Waals surface area (Å²) in [6, 6.07) is 13.2. The van der Waals surface area contributed by atoms with Gasteiger partial charge in [0.1, 0.15) is 5.75 Å². The van der Waals surface area contributed by atoms with Crippen LogP contribution < -0.4 is 4.74 Å². The van der Waals surface area contributed by atoms with Gasteiger partial charge in [0.25, 0.3) is 0 Å². The van der Waals surface area contributed by atoms with Gasteiger partial charge in [-0.1, -0.05) is 29.8 Å². The number of benzene rings is 2. The summed E-state index contributed by atoms with van der Waals surface area (Å²) in [5, 5.41) is 0. The van der Waals surface area contributed by atoms with E-state index in [1.807, 2.05) is 13.0 Å². The normalized spacial score (nSPS) is 19.3. The third kappa shape index (κ3) is 4.51. The summed E-state index contributed by atoms with van der Waals surface area (Å²) in [6.07, 6.45) is 0.303. The summed E-state index contributed by atoms with van der Waals surface area (Å²) in [7, 11) is -5.52. The molecule has 146 valence electrons. The molecule has 0 N–H and O–H groups in total. The summed E-state index contributed by atoms with van der Waals surface area (Å²) in [6.45, 7) is 1.97. The van der Waals surface area contributed by atoms with Crippen molar-refractivity contribution < 1.29 is 21.6 Å². The summed E-state index contributed by atoms with van der Waals surface area (Å²) < 4.78 is 57.1. The van der Waals surface area contributed by atoms with Crippen LogP contribution in [0.5, 0.6) is 5.75 Å². The molecule has 2 aromatic rings. The number of ether oxygens (including phenoxy) is 1. The molecular weight excluding hydrogens is 386 g/mol. The lowest BCUT2D eigenvalue weighted by Crippen LogP contribution is -2.40. The summed E-state index contributed by atoms with van der Waals surface area (Å²) in [5.74, 6) is 0.483. The zero-order valence-corrected chi connectivity index (χ0v) is 17.0. The van der Waals surface area contributed by atoms with E-state index in [0.717, 1.165) is 11.1 Å². The molecule has 0 saturated carbocycles. The summed E-state index contributed by atoms with van der Waals surface area (Å²) >= 11 is 0. The molecule has 0 spiro atoms. The topological polar surface area (TPSA) is 80.8 Å². The minimum absolute atomic E-state index is 0.00962. The molecule has 3 rings (SSSR count). The Morgan fingerprint density at radius 3 is 2.44 bits per heavy atom. The van der Waals surface area contributed by atoms with Crippen molar-refractivity contribution in [1.82, 2.24) is 4.31 Å². The Balaban J connectivity index is 2.00. The number of nitrogens with zero attached hydrogens (tertiary/aromatic N) is 1. The van der Waals surface area contributed by atoms with Crippen LogP contribution in [0, 0.1) is 6.92 Å². The van der Waals surface area contributed by atoms with Crippen LogP contribution >= 0.6 is 0 Å². The molecular formula is C19H23NO5S2. The molecule has 1 fully saturated rings. The first kappa shape index (κ1) is 19.9. The standard InChI is InChI=1S/C19H23NO5S2/c1-15-6-8-19(9-7-15)27(23,24)20(17-10-11-26(21,22)14-17)13-16-4-3-5-18(12-16)25-2/h3-9,12,17H,10-11,13-14H2,1-2H3/t17-/m1/s1. The van der Waals surface area contributed by atoms with Crippen LogP contribution in [0.15, 0.2) is 53.4 Å². The first-order valence-corrected chi connectivity index (χ1v) is 11.9. The smallest absolute Gasteiger partial charge is 0.243 e. The molecule has 0 amide bonds. The van der Waals surface area contributed by atoms with Gasteiger partial charge in [0, 0.05) is 12.6 Å². The summed E-state index contributed by atoms with van der Waals surface area (Å²) in [5.41, 5.74) is 1.70. The first-order valence-electron chi connectivity index (χ1n) is 8.63. The Kier molecular flexibility index (Phi) is 5.60. The van der Waals surface area contributed by atoms with Crippen molar-refractivity contribution in [3.63, 3.8) is 0 Å². The van der Waals surface area contributed by atoms with Crippen LogP contribution in [-0.2, 0) is 26.4 Å².